The number of carbonyl (C=O) groups is 1. The van der Waals surface area contributed by atoms with Crippen LogP contribution in [-0.2, 0) is 11.2 Å². The number of amides is 1. The summed E-state index contributed by atoms with van der Waals surface area (Å²) in [5.74, 6) is 2.25. The highest BCUT2D eigenvalue weighted by Crippen LogP contribution is 2.25. The van der Waals surface area contributed by atoms with Crippen molar-refractivity contribution in [1.29, 1.82) is 0 Å². The normalized spacial score (nSPS) is 18.7. The maximum Gasteiger partial charge on any atom is 0.219 e. The molecule has 1 amide bonds. The minimum absolute atomic E-state index is 0.176. The van der Waals surface area contributed by atoms with Crippen LogP contribution in [0.25, 0.3) is 0 Å². The number of carbonyl (C=O) groups excluding carboxylic acids is 1. The first-order chi connectivity index (χ1) is 10.6. The van der Waals surface area contributed by atoms with Gasteiger partial charge in [-0.2, -0.15) is 4.37 Å². The quantitative estimate of drug-likeness (QED) is 0.838. The van der Waals surface area contributed by atoms with Crippen LogP contribution < -0.4 is 10.2 Å². The van der Waals surface area contributed by atoms with Crippen LogP contribution in [0.4, 0.5) is 5.13 Å². The van der Waals surface area contributed by atoms with Crippen LogP contribution in [0.5, 0.6) is 0 Å². The fourth-order valence-corrected chi connectivity index (χ4v) is 3.53. The fourth-order valence-electron chi connectivity index (χ4n) is 2.80. The molecule has 1 fully saturated rings. The Morgan fingerprint density at radius 2 is 2.32 bits per heavy atom. The lowest BCUT2D eigenvalue weighted by atomic mass is 9.98. The summed E-state index contributed by atoms with van der Waals surface area (Å²) < 4.78 is 4.47. The monoisotopic (exact) mass is 324 g/mol. The van der Waals surface area contributed by atoms with Gasteiger partial charge in [0.1, 0.15) is 5.82 Å². The van der Waals surface area contributed by atoms with Crippen molar-refractivity contribution in [3.8, 4) is 0 Å². The standard InChI is InChI=1S/C16H28N4OS/c1-4-6-15(21)17-10-13-7-5-8-20(11-13)16-18-14(19-22-16)9-12(2)3/h12-13H,4-11H2,1-3H3,(H,17,21). The molecule has 1 aliphatic heterocycles. The Hall–Kier alpha value is -1.17. The number of piperidine rings is 1. The fraction of sp³-hybridized carbons (Fsp3) is 0.812. The molecule has 2 rings (SSSR count). The smallest absolute Gasteiger partial charge is 0.219 e. The Morgan fingerprint density at radius 3 is 3.05 bits per heavy atom. The second-order valence-electron chi connectivity index (χ2n) is 6.60. The van der Waals surface area contributed by atoms with Gasteiger partial charge in [-0.25, -0.2) is 4.98 Å². The predicted octanol–water partition coefficient (Wildman–Crippen LogP) is 2.87. The van der Waals surface area contributed by atoms with E-state index in [1.54, 1.807) is 0 Å². The lowest BCUT2D eigenvalue weighted by Crippen LogP contribution is -2.41. The molecule has 0 spiro atoms. The highest BCUT2D eigenvalue weighted by atomic mass is 32.1. The van der Waals surface area contributed by atoms with E-state index >= 15 is 0 Å². The van der Waals surface area contributed by atoms with Gasteiger partial charge < -0.3 is 10.2 Å². The molecular formula is C16H28N4OS. The van der Waals surface area contributed by atoms with Crippen molar-refractivity contribution in [2.75, 3.05) is 24.5 Å². The van der Waals surface area contributed by atoms with Gasteiger partial charge in [0.05, 0.1) is 0 Å². The summed E-state index contributed by atoms with van der Waals surface area (Å²) >= 11 is 1.51. The third kappa shape index (κ3) is 5.23. The SMILES string of the molecule is CCCC(=O)NCC1CCCN(c2nc(CC(C)C)ns2)C1. The molecule has 6 heteroatoms. The molecule has 0 radical (unpaired) electrons. The summed E-state index contributed by atoms with van der Waals surface area (Å²) in [6, 6.07) is 0. The molecule has 0 aromatic carbocycles. The Kier molecular flexibility index (Phi) is 6.61. The number of nitrogens with zero attached hydrogens (tertiary/aromatic N) is 3. The largest absolute Gasteiger partial charge is 0.356 e. The van der Waals surface area contributed by atoms with Crippen molar-refractivity contribution in [2.24, 2.45) is 11.8 Å². The maximum atomic E-state index is 11.6. The van der Waals surface area contributed by atoms with Crippen LogP contribution in [0, 0.1) is 11.8 Å². The van der Waals surface area contributed by atoms with Gasteiger partial charge in [-0.1, -0.05) is 20.8 Å². The molecule has 1 aromatic rings. The van der Waals surface area contributed by atoms with Crippen molar-refractivity contribution in [1.82, 2.24) is 14.7 Å². The number of anilines is 1. The van der Waals surface area contributed by atoms with E-state index in [-0.39, 0.29) is 5.91 Å². The molecule has 2 heterocycles. The van der Waals surface area contributed by atoms with Crippen molar-refractivity contribution in [3.63, 3.8) is 0 Å². The third-order valence-corrected chi connectivity index (χ3v) is 4.72. The van der Waals surface area contributed by atoms with E-state index in [0.29, 0.717) is 18.3 Å². The molecule has 1 N–H and O–H groups in total. The highest BCUT2D eigenvalue weighted by molar-refractivity contribution is 7.09. The number of nitrogens with one attached hydrogen (secondary N) is 1. The molecule has 5 nitrogen and oxygen atoms in total. The van der Waals surface area contributed by atoms with E-state index in [0.717, 1.165) is 49.9 Å². The molecule has 1 unspecified atom stereocenters. The van der Waals surface area contributed by atoms with Gasteiger partial charge in [0.15, 0.2) is 0 Å². The Labute approximate surface area is 137 Å². The van der Waals surface area contributed by atoms with Crippen molar-refractivity contribution >= 4 is 22.6 Å². The molecule has 22 heavy (non-hydrogen) atoms. The minimum atomic E-state index is 0.176. The summed E-state index contributed by atoms with van der Waals surface area (Å²) in [7, 11) is 0. The topological polar surface area (TPSA) is 58.1 Å². The Bertz CT molecular complexity index is 474. The highest BCUT2D eigenvalue weighted by Gasteiger charge is 2.23. The molecule has 0 saturated carbocycles. The first-order valence-electron chi connectivity index (χ1n) is 8.42. The number of hydrogen-bond acceptors (Lipinski definition) is 5. The van der Waals surface area contributed by atoms with Crippen LogP contribution in [0.2, 0.25) is 0 Å². The summed E-state index contributed by atoms with van der Waals surface area (Å²) in [6.07, 6.45) is 4.83. The first-order valence-corrected chi connectivity index (χ1v) is 9.20. The van der Waals surface area contributed by atoms with E-state index in [4.69, 9.17) is 0 Å². The second kappa shape index (κ2) is 8.46. The molecule has 1 saturated heterocycles. The predicted molar refractivity (Wildman–Crippen MR) is 91.3 cm³/mol. The second-order valence-corrected chi connectivity index (χ2v) is 7.33. The van der Waals surface area contributed by atoms with E-state index < -0.39 is 0 Å². The van der Waals surface area contributed by atoms with Crippen molar-refractivity contribution < 1.29 is 4.79 Å². The molecule has 124 valence electrons. The van der Waals surface area contributed by atoms with Gasteiger partial charge in [-0.15, -0.1) is 0 Å². The molecule has 1 aliphatic rings. The average Bonchev–Trinajstić information content (AvgIpc) is 2.93. The Balaban J connectivity index is 1.84. The van der Waals surface area contributed by atoms with Crippen molar-refractivity contribution in [2.45, 2.75) is 52.9 Å². The molecule has 1 aromatic heterocycles. The lowest BCUT2D eigenvalue weighted by molar-refractivity contribution is -0.121. The Morgan fingerprint density at radius 1 is 1.50 bits per heavy atom. The summed E-state index contributed by atoms with van der Waals surface area (Å²) in [4.78, 5) is 18.6. The minimum Gasteiger partial charge on any atom is -0.356 e. The summed E-state index contributed by atoms with van der Waals surface area (Å²) in [5, 5.41) is 4.10. The van der Waals surface area contributed by atoms with Crippen LogP contribution in [-0.4, -0.2) is 34.9 Å². The summed E-state index contributed by atoms with van der Waals surface area (Å²) in [5.41, 5.74) is 0. The van der Waals surface area contributed by atoms with Crippen LogP contribution in [0.1, 0.15) is 52.3 Å². The maximum absolute atomic E-state index is 11.6. The number of aromatic nitrogens is 2. The zero-order valence-corrected chi connectivity index (χ0v) is 14.8. The number of rotatable bonds is 7. The lowest BCUT2D eigenvalue weighted by Gasteiger charge is -2.32. The van der Waals surface area contributed by atoms with Crippen LogP contribution >= 0.6 is 11.5 Å². The van der Waals surface area contributed by atoms with Crippen molar-refractivity contribution in [3.05, 3.63) is 5.82 Å². The van der Waals surface area contributed by atoms with Gasteiger partial charge in [-0.05, 0) is 31.1 Å². The van der Waals surface area contributed by atoms with E-state index in [2.05, 4.69) is 33.4 Å². The van der Waals surface area contributed by atoms with E-state index in [1.807, 2.05) is 6.92 Å². The van der Waals surface area contributed by atoms with Crippen LogP contribution in [0.3, 0.4) is 0 Å². The number of hydrogen-bond donors (Lipinski definition) is 1. The van der Waals surface area contributed by atoms with Crippen LogP contribution in [0.15, 0.2) is 0 Å². The average molecular weight is 324 g/mol. The zero-order chi connectivity index (χ0) is 15.9. The first kappa shape index (κ1) is 17.2. The third-order valence-electron chi connectivity index (χ3n) is 3.90. The molecule has 1 atom stereocenters. The van der Waals surface area contributed by atoms with Gasteiger partial charge in [0.25, 0.3) is 0 Å². The molecule has 0 bridgehead atoms. The van der Waals surface area contributed by atoms with Gasteiger partial charge in [-0.3, -0.25) is 4.79 Å². The summed E-state index contributed by atoms with van der Waals surface area (Å²) in [6.45, 7) is 9.23. The van der Waals surface area contributed by atoms with Gasteiger partial charge >= 0.3 is 0 Å². The van der Waals surface area contributed by atoms with E-state index in [9.17, 15) is 4.79 Å². The van der Waals surface area contributed by atoms with E-state index in [1.165, 1.54) is 18.0 Å². The zero-order valence-electron chi connectivity index (χ0n) is 14.0. The molecular weight excluding hydrogens is 296 g/mol. The van der Waals surface area contributed by atoms with Gasteiger partial charge in [0.2, 0.25) is 11.0 Å². The van der Waals surface area contributed by atoms with Gasteiger partial charge in [0, 0.05) is 44.0 Å². The molecule has 0 aliphatic carbocycles.